The molecule has 1 aliphatic rings. The molecule has 3 rings (SSSR count). The van der Waals surface area contributed by atoms with Crippen LogP contribution in [-0.2, 0) is 0 Å². The Morgan fingerprint density at radius 2 is 1.74 bits per heavy atom. The molecule has 146 valence electrons. The van der Waals surface area contributed by atoms with E-state index in [9.17, 15) is 0 Å². The second-order valence-corrected chi connectivity index (χ2v) is 7.97. The molecular weight excluding hydrogens is 332 g/mol. The highest BCUT2D eigenvalue weighted by Crippen LogP contribution is 2.30. The Bertz CT molecular complexity index is 759. The fourth-order valence-corrected chi connectivity index (χ4v) is 3.79. The molecule has 1 aliphatic heterocycles. The van der Waals surface area contributed by atoms with Crippen LogP contribution in [0.4, 0.5) is 11.5 Å². The Hall–Kier alpha value is -2.07. The molecule has 0 spiro atoms. The standard InChI is InChI=1S/C23H34N4/c1-7-25(6)22-15-21(14-18(4)19(22)5)20-8-9-23(24-16-20)27-12-10-26(11-13-27)17(2)3/h8-9,14-17H,7,10-13H2,1-6H3. The van der Waals surface area contributed by atoms with E-state index in [1.54, 1.807) is 0 Å². The minimum Gasteiger partial charge on any atom is -0.375 e. The number of aromatic nitrogens is 1. The number of hydrogen-bond donors (Lipinski definition) is 0. The Balaban J connectivity index is 1.79. The lowest BCUT2D eigenvalue weighted by Crippen LogP contribution is -2.49. The van der Waals surface area contributed by atoms with E-state index in [1.807, 2.05) is 6.20 Å². The van der Waals surface area contributed by atoms with Gasteiger partial charge < -0.3 is 9.80 Å². The molecule has 4 heteroatoms. The first-order chi connectivity index (χ1) is 12.9. The lowest BCUT2D eigenvalue weighted by molar-refractivity contribution is 0.209. The van der Waals surface area contributed by atoms with Gasteiger partial charge in [0.2, 0.25) is 0 Å². The molecule has 0 unspecified atom stereocenters. The zero-order chi connectivity index (χ0) is 19.6. The van der Waals surface area contributed by atoms with Gasteiger partial charge in [-0.05, 0) is 69.5 Å². The molecule has 0 bridgehead atoms. The van der Waals surface area contributed by atoms with Crippen molar-refractivity contribution >= 4 is 11.5 Å². The van der Waals surface area contributed by atoms with E-state index in [-0.39, 0.29) is 0 Å². The first-order valence-corrected chi connectivity index (χ1v) is 10.2. The lowest BCUT2D eigenvalue weighted by atomic mass is 9.99. The van der Waals surface area contributed by atoms with Crippen molar-refractivity contribution in [2.75, 3.05) is 49.6 Å². The summed E-state index contributed by atoms with van der Waals surface area (Å²) < 4.78 is 0. The van der Waals surface area contributed by atoms with Gasteiger partial charge in [0.15, 0.2) is 0 Å². The lowest BCUT2D eigenvalue weighted by Gasteiger charge is -2.37. The second-order valence-electron chi connectivity index (χ2n) is 7.97. The summed E-state index contributed by atoms with van der Waals surface area (Å²) in [7, 11) is 2.16. The van der Waals surface area contributed by atoms with Crippen molar-refractivity contribution in [3.8, 4) is 11.1 Å². The number of aryl methyl sites for hydroxylation is 1. The van der Waals surface area contributed by atoms with Crippen LogP contribution in [0.15, 0.2) is 30.5 Å². The molecule has 27 heavy (non-hydrogen) atoms. The molecule has 0 aliphatic carbocycles. The largest absolute Gasteiger partial charge is 0.375 e. The van der Waals surface area contributed by atoms with Crippen LogP contribution in [0, 0.1) is 13.8 Å². The van der Waals surface area contributed by atoms with E-state index in [4.69, 9.17) is 4.98 Å². The van der Waals surface area contributed by atoms with E-state index < -0.39 is 0 Å². The maximum absolute atomic E-state index is 4.79. The zero-order valence-electron chi connectivity index (χ0n) is 17.8. The van der Waals surface area contributed by atoms with Gasteiger partial charge in [-0.2, -0.15) is 0 Å². The summed E-state index contributed by atoms with van der Waals surface area (Å²) in [4.78, 5) is 12.0. The molecule has 0 radical (unpaired) electrons. The molecule has 4 nitrogen and oxygen atoms in total. The zero-order valence-corrected chi connectivity index (χ0v) is 17.8. The molecule has 1 aromatic heterocycles. The third-order valence-electron chi connectivity index (χ3n) is 5.98. The topological polar surface area (TPSA) is 22.6 Å². The molecule has 0 N–H and O–H groups in total. The normalized spacial score (nSPS) is 15.4. The summed E-state index contributed by atoms with van der Waals surface area (Å²) in [6.07, 6.45) is 2.03. The van der Waals surface area contributed by atoms with E-state index >= 15 is 0 Å². The number of nitrogens with zero attached hydrogens (tertiary/aromatic N) is 4. The first-order valence-electron chi connectivity index (χ1n) is 10.2. The summed E-state index contributed by atoms with van der Waals surface area (Å²) in [5, 5.41) is 0. The van der Waals surface area contributed by atoms with Gasteiger partial charge in [0.1, 0.15) is 5.82 Å². The highest BCUT2D eigenvalue weighted by molar-refractivity contribution is 5.72. The van der Waals surface area contributed by atoms with E-state index in [0.29, 0.717) is 6.04 Å². The Kier molecular flexibility index (Phi) is 6.05. The molecule has 1 saturated heterocycles. The maximum atomic E-state index is 4.79. The fraction of sp³-hybridized carbons (Fsp3) is 0.522. The van der Waals surface area contributed by atoms with Crippen LogP contribution in [0.2, 0.25) is 0 Å². The quantitative estimate of drug-likeness (QED) is 0.784. The van der Waals surface area contributed by atoms with Crippen LogP contribution in [0.5, 0.6) is 0 Å². The highest BCUT2D eigenvalue weighted by atomic mass is 15.3. The average Bonchev–Trinajstić information content (AvgIpc) is 2.69. The van der Waals surface area contributed by atoms with Gasteiger partial charge in [-0.1, -0.05) is 6.07 Å². The van der Waals surface area contributed by atoms with Crippen LogP contribution < -0.4 is 9.80 Å². The Morgan fingerprint density at radius 3 is 2.30 bits per heavy atom. The van der Waals surface area contributed by atoms with Gasteiger partial charge >= 0.3 is 0 Å². The van der Waals surface area contributed by atoms with E-state index in [0.717, 1.165) is 38.5 Å². The van der Waals surface area contributed by atoms with Crippen LogP contribution >= 0.6 is 0 Å². The number of piperazine rings is 1. The van der Waals surface area contributed by atoms with Crippen molar-refractivity contribution in [3.63, 3.8) is 0 Å². The first kappa shape index (κ1) is 19.7. The molecule has 0 atom stereocenters. The summed E-state index contributed by atoms with van der Waals surface area (Å²) in [5.74, 6) is 1.09. The van der Waals surface area contributed by atoms with Gasteiger partial charge in [-0.3, -0.25) is 4.90 Å². The van der Waals surface area contributed by atoms with Crippen molar-refractivity contribution in [3.05, 3.63) is 41.6 Å². The van der Waals surface area contributed by atoms with Crippen molar-refractivity contribution in [1.82, 2.24) is 9.88 Å². The smallest absolute Gasteiger partial charge is 0.128 e. The third-order valence-corrected chi connectivity index (χ3v) is 5.98. The van der Waals surface area contributed by atoms with Crippen LogP contribution in [0.1, 0.15) is 31.9 Å². The molecule has 0 saturated carbocycles. The predicted octanol–water partition coefficient (Wildman–Crippen LogP) is 4.35. The van der Waals surface area contributed by atoms with Crippen molar-refractivity contribution in [2.45, 2.75) is 40.7 Å². The minimum atomic E-state index is 0.628. The molecule has 2 aromatic rings. The fourth-order valence-electron chi connectivity index (χ4n) is 3.79. The average molecular weight is 367 g/mol. The second kappa shape index (κ2) is 8.30. The number of rotatable bonds is 5. The summed E-state index contributed by atoms with van der Waals surface area (Å²) in [5.41, 5.74) is 6.43. The maximum Gasteiger partial charge on any atom is 0.128 e. The number of anilines is 2. The van der Waals surface area contributed by atoms with E-state index in [1.165, 1.54) is 27.9 Å². The molecular formula is C23H34N4. The number of pyridine rings is 1. The number of hydrogen-bond acceptors (Lipinski definition) is 4. The third kappa shape index (κ3) is 4.27. The highest BCUT2D eigenvalue weighted by Gasteiger charge is 2.19. The van der Waals surface area contributed by atoms with Crippen LogP contribution in [0.3, 0.4) is 0 Å². The van der Waals surface area contributed by atoms with Gasteiger partial charge in [-0.15, -0.1) is 0 Å². The SMILES string of the molecule is CCN(C)c1cc(-c2ccc(N3CCN(C(C)C)CC3)nc2)cc(C)c1C. The molecule has 1 fully saturated rings. The Labute approximate surface area is 164 Å². The predicted molar refractivity (Wildman–Crippen MR) is 117 cm³/mol. The van der Waals surface area contributed by atoms with Gasteiger partial charge in [0.25, 0.3) is 0 Å². The minimum absolute atomic E-state index is 0.628. The Morgan fingerprint density at radius 1 is 1.04 bits per heavy atom. The summed E-state index contributed by atoms with van der Waals surface area (Å²) >= 11 is 0. The monoisotopic (exact) mass is 366 g/mol. The van der Waals surface area contributed by atoms with Crippen molar-refractivity contribution in [1.29, 1.82) is 0 Å². The van der Waals surface area contributed by atoms with Gasteiger partial charge in [0.05, 0.1) is 0 Å². The number of benzene rings is 1. The van der Waals surface area contributed by atoms with Crippen molar-refractivity contribution in [2.24, 2.45) is 0 Å². The molecule has 1 aromatic carbocycles. The van der Waals surface area contributed by atoms with Crippen LogP contribution in [0.25, 0.3) is 11.1 Å². The molecule has 0 amide bonds. The van der Waals surface area contributed by atoms with E-state index in [2.05, 4.69) is 80.6 Å². The summed E-state index contributed by atoms with van der Waals surface area (Å²) in [6.45, 7) is 16.5. The summed E-state index contributed by atoms with van der Waals surface area (Å²) in [6, 6.07) is 9.60. The molecule has 2 heterocycles. The van der Waals surface area contributed by atoms with Gasteiger partial charge in [-0.25, -0.2) is 4.98 Å². The van der Waals surface area contributed by atoms with Crippen molar-refractivity contribution < 1.29 is 0 Å². The van der Waals surface area contributed by atoms with Crippen LogP contribution in [-0.4, -0.2) is 55.7 Å². The van der Waals surface area contributed by atoms with Gasteiger partial charge in [0, 0.05) is 63.3 Å².